The fourth-order valence-corrected chi connectivity index (χ4v) is 8.78. The number of hydrogen-bond donors (Lipinski definition) is 3. The Kier molecular flexibility index (Phi) is 18.0. The fourth-order valence-electron chi connectivity index (χ4n) is 6.07. The lowest BCUT2D eigenvalue weighted by Gasteiger charge is -2.26. The van der Waals surface area contributed by atoms with Gasteiger partial charge in [-0.1, -0.05) is 63.6 Å². The maximum absolute atomic E-state index is 14.3. The van der Waals surface area contributed by atoms with Crippen LogP contribution in [0.15, 0.2) is 55.6 Å². The number of nitrogens with zero attached hydrogens (tertiary/aromatic N) is 1. The Balaban J connectivity index is 2.01. The molecule has 3 rings (SSSR count). The normalized spacial score (nSPS) is 13.1. The monoisotopic (exact) mass is 834 g/mol. The highest BCUT2D eigenvalue weighted by Gasteiger charge is 2.35. The van der Waals surface area contributed by atoms with Gasteiger partial charge in [-0.2, -0.15) is 0 Å². The fraction of sp³-hybridized carbons (Fsp3) is 0.432. The molecule has 14 heteroatoms. The number of aliphatic hydroxyl groups is 2. The van der Waals surface area contributed by atoms with Crippen LogP contribution >= 0.6 is 11.6 Å². The molecule has 0 radical (unpaired) electrons. The summed E-state index contributed by atoms with van der Waals surface area (Å²) in [5.41, 5.74) is 1.54. The highest BCUT2D eigenvalue weighted by atomic mass is 35.5. The number of hydrogen-bond acceptors (Lipinski definition) is 11. The van der Waals surface area contributed by atoms with E-state index in [1.807, 2.05) is 13.8 Å². The topological polar surface area (TPSA) is 155 Å². The molecule has 3 aromatic rings. The van der Waals surface area contributed by atoms with Gasteiger partial charge in [0.2, 0.25) is 5.75 Å². The zero-order chi connectivity index (χ0) is 43.0. The van der Waals surface area contributed by atoms with Crippen molar-refractivity contribution in [1.29, 1.82) is 0 Å². The summed E-state index contributed by atoms with van der Waals surface area (Å²) in [7, 11) is 1.12. The average molecular weight is 835 g/mol. The minimum Gasteiger partial charge on any atom is -0.492 e. The number of ether oxygens (including phenoxy) is 6. The summed E-state index contributed by atoms with van der Waals surface area (Å²) in [5, 5.41) is 26.0. The van der Waals surface area contributed by atoms with Crippen LogP contribution in [0.25, 0.3) is 10.8 Å². The third-order valence-corrected chi connectivity index (χ3v) is 14.7. The molecule has 1 amide bonds. The number of aromatic nitrogens is 1. The van der Waals surface area contributed by atoms with Crippen LogP contribution in [-0.2, 0) is 9.53 Å². The molecule has 0 saturated heterocycles. The summed E-state index contributed by atoms with van der Waals surface area (Å²) in [5.74, 6) is 5.26. The lowest BCUT2D eigenvalue weighted by molar-refractivity contribution is -0.151. The van der Waals surface area contributed by atoms with E-state index in [1.165, 1.54) is 20.3 Å². The van der Waals surface area contributed by atoms with Gasteiger partial charge in [0.1, 0.15) is 39.7 Å². The van der Waals surface area contributed by atoms with E-state index in [-0.39, 0.29) is 53.6 Å². The molecule has 12 nitrogen and oxygen atoms in total. The third kappa shape index (κ3) is 11.9. The summed E-state index contributed by atoms with van der Waals surface area (Å²) in [6.45, 7) is 17.0. The van der Waals surface area contributed by atoms with Gasteiger partial charge < -0.3 is 44.0 Å². The predicted octanol–water partition coefficient (Wildman–Crippen LogP) is 7.39. The Morgan fingerprint density at radius 3 is 2.17 bits per heavy atom. The lowest BCUT2D eigenvalue weighted by Crippen LogP contribution is -2.44. The van der Waals surface area contributed by atoms with E-state index in [1.54, 1.807) is 36.4 Å². The van der Waals surface area contributed by atoms with Crippen molar-refractivity contribution in [3.8, 4) is 52.6 Å². The largest absolute Gasteiger partial charge is 0.492 e. The number of aliphatic hydroxyl groups excluding tert-OH is 1. The van der Waals surface area contributed by atoms with Gasteiger partial charge >= 0.3 is 5.97 Å². The minimum atomic E-state index is -2.07. The third-order valence-electron chi connectivity index (χ3n) is 9.66. The van der Waals surface area contributed by atoms with Gasteiger partial charge in [0.15, 0.2) is 28.0 Å². The number of pyridine rings is 1. The van der Waals surface area contributed by atoms with Gasteiger partial charge in [-0.05, 0) is 67.7 Å². The number of rotatable bonds is 22. The molecule has 0 unspecified atom stereocenters. The number of esters is 1. The van der Waals surface area contributed by atoms with Crippen molar-refractivity contribution < 1.29 is 48.2 Å². The van der Waals surface area contributed by atoms with Crippen molar-refractivity contribution in [3.05, 3.63) is 72.1 Å². The quantitative estimate of drug-likeness (QED) is 0.0305. The van der Waals surface area contributed by atoms with Crippen LogP contribution in [0.1, 0.15) is 69.6 Å². The van der Waals surface area contributed by atoms with Crippen molar-refractivity contribution >= 4 is 42.3 Å². The number of halogens is 1. The smallest absolute Gasteiger partial charge is 0.308 e. The van der Waals surface area contributed by atoms with Crippen molar-refractivity contribution in [2.75, 3.05) is 34.0 Å². The van der Waals surface area contributed by atoms with E-state index in [9.17, 15) is 19.8 Å². The van der Waals surface area contributed by atoms with Gasteiger partial charge in [0, 0.05) is 5.39 Å². The van der Waals surface area contributed by atoms with E-state index >= 15 is 0 Å². The second-order valence-electron chi connectivity index (χ2n) is 13.7. The van der Waals surface area contributed by atoms with Crippen molar-refractivity contribution in [1.82, 2.24) is 10.3 Å². The SMILES string of the molecule is C#C[C@](O)(CC#C[Si](CC)(CC)CC)[C@H](O)COC(=O)C[C@@H](NC(=O)c1cc2c(OC)c(OC)c(OC(C)C)cc2cc1OCC=C)c1ccc(OCC=C)c(Cl)n1. The first-order chi connectivity index (χ1) is 27.7. The van der Waals surface area contributed by atoms with Crippen LogP contribution in [-0.4, -0.2) is 87.0 Å². The van der Waals surface area contributed by atoms with Crippen molar-refractivity contribution in [2.24, 2.45) is 0 Å². The first kappa shape index (κ1) is 47.2. The second kappa shape index (κ2) is 22.1. The Bertz CT molecular complexity index is 2030. The van der Waals surface area contributed by atoms with Crippen LogP contribution in [0, 0.1) is 23.8 Å². The van der Waals surface area contributed by atoms with E-state index in [4.69, 9.17) is 46.4 Å². The first-order valence-electron chi connectivity index (χ1n) is 19.1. The molecular weight excluding hydrogens is 780 g/mol. The molecule has 58 heavy (non-hydrogen) atoms. The average Bonchev–Trinajstić information content (AvgIpc) is 3.21. The molecular formula is C44H55ClN2O10Si. The summed E-state index contributed by atoms with van der Waals surface area (Å²) in [6.07, 6.45) is 6.22. The van der Waals surface area contributed by atoms with Crippen LogP contribution in [0.4, 0.5) is 0 Å². The number of carbonyl (C=O) groups excluding carboxylic acids is 2. The Hall–Kier alpha value is -5.18. The van der Waals surface area contributed by atoms with E-state index in [2.05, 4.69) is 61.6 Å². The molecule has 0 fully saturated rings. The first-order valence-corrected chi connectivity index (χ1v) is 22.1. The van der Waals surface area contributed by atoms with Crippen LogP contribution in [0.2, 0.25) is 23.3 Å². The second-order valence-corrected chi connectivity index (χ2v) is 19.0. The van der Waals surface area contributed by atoms with E-state index in [0.29, 0.717) is 28.0 Å². The molecule has 0 aliphatic heterocycles. The van der Waals surface area contributed by atoms with Crippen molar-refractivity contribution in [3.63, 3.8) is 0 Å². The maximum atomic E-state index is 14.3. The molecule has 1 heterocycles. The molecule has 0 saturated carbocycles. The molecule has 312 valence electrons. The predicted molar refractivity (Wildman–Crippen MR) is 229 cm³/mol. The highest BCUT2D eigenvalue weighted by Crippen LogP contribution is 2.45. The van der Waals surface area contributed by atoms with Gasteiger partial charge in [-0.3, -0.25) is 9.59 Å². The number of nitrogens with one attached hydrogen (secondary N) is 1. The van der Waals surface area contributed by atoms with E-state index in [0.717, 1.165) is 18.1 Å². The summed E-state index contributed by atoms with van der Waals surface area (Å²) in [4.78, 5) is 32.2. The van der Waals surface area contributed by atoms with Crippen LogP contribution < -0.4 is 29.0 Å². The van der Waals surface area contributed by atoms with Crippen LogP contribution in [0.3, 0.4) is 0 Å². The van der Waals surface area contributed by atoms with Gasteiger partial charge in [0.25, 0.3) is 5.91 Å². The maximum Gasteiger partial charge on any atom is 0.308 e. The summed E-state index contributed by atoms with van der Waals surface area (Å²) in [6, 6.07) is 9.82. The molecule has 0 aliphatic carbocycles. The zero-order valence-electron chi connectivity index (χ0n) is 34.4. The Morgan fingerprint density at radius 2 is 1.62 bits per heavy atom. The van der Waals surface area contributed by atoms with Crippen molar-refractivity contribution in [2.45, 2.75) is 89.4 Å². The molecule has 1 aromatic heterocycles. The zero-order valence-corrected chi connectivity index (χ0v) is 36.2. The number of carbonyl (C=O) groups is 2. The molecule has 3 N–H and O–H groups in total. The molecule has 0 bridgehead atoms. The minimum absolute atomic E-state index is 0.0270. The Labute approximate surface area is 347 Å². The standard InChI is InChI=1S/C44H55ClN2O10Si/c1-11-21-54-35-19-18-33(46-42(35)45)34(27-39(49)56-28-38(48)44(51,13-3)20-17-23-58(14-4,15-5)16-6)47-43(50)32-26-31-30(24-36(32)55-22-12-2)25-37(57-29(7)8)41(53-10)40(31)52-9/h3,11-12,18-19,24-26,29,34,38,48,51H,1-2,14-16,20-22,27-28H2,4-10H3,(H,47,50)/t34-,38-,44+/m1/s1. The summed E-state index contributed by atoms with van der Waals surface area (Å²) >= 11 is 6.47. The lowest BCUT2D eigenvalue weighted by atomic mass is 9.94. The number of fused-ring (bicyclic) bond motifs is 1. The van der Waals surface area contributed by atoms with Gasteiger partial charge in [0.05, 0.1) is 50.5 Å². The molecule has 3 atom stereocenters. The molecule has 0 aliphatic rings. The molecule has 0 spiro atoms. The number of methoxy groups -OCH3 is 2. The van der Waals surface area contributed by atoms with Gasteiger partial charge in [-0.15, -0.1) is 17.9 Å². The number of benzene rings is 2. The van der Waals surface area contributed by atoms with Crippen LogP contribution in [0.5, 0.6) is 28.7 Å². The van der Waals surface area contributed by atoms with Gasteiger partial charge in [-0.25, -0.2) is 4.98 Å². The number of amides is 1. The highest BCUT2D eigenvalue weighted by molar-refractivity contribution is 6.87. The Morgan fingerprint density at radius 1 is 1.00 bits per heavy atom. The molecule has 2 aromatic carbocycles. The summed E-state index contributed by atoms with van der Waals surface area (Å²) < 4.78 is 34.4. The van der Waals surface area contributed by atoms with E-state index < -0.39 is 50.7 Å². The number of terminal acetylenes is 1.